The lowest BCUT2D eigenvalue weighted by atomic mass is 10.1. The number of nitrogens with two attached hydrogens (primary N) is 1. The van der Waals surface area contributed by atoms with Gasteiger partial charge in [-0.3, -0.25) is 0 Å². The standard InChI is InChI=1S/C4H7NO3/c5-2-1-8-3(2)4(6)7/h2-3H,1,5H2,(H,6,7)/t2-,3-/m1/s1. The maximum atomic E-state index is 9.99. The van der Waals surface area contributed by atoms with Crippen molar-refractivity contribution in [1.29, 1.82) is 0 Å². The number of ether oxygens (including phenoxy) is 1. The molecule has 1 heterocycles. The molecule has 0 amide bonds. The highest BCUT2D eigenvalue weighted by Crippen LogP contribution is 2.08. The van der Waals surface area contributed by atoms with Crippen LogP contribution in [0, 0.1) is 0 Å². The van der Waals surface area contributed by atoms with Crippen LogP contribution in [0.1, 0.15) is 0 Å². The highest BCUT2D eigenvalue weighted by molar-refractivity contribution is 5.74. The van der Waals surface area contributed by atoms with E-state index in [1.54, 1.807) is 0 Å². The summed E-state index contributed by atoms with van der Waals surface area (Å²) in [5, 5.41) is 8.20. The minimum Gasteiger partial charge on any atom is -0.479 e. The Morgan fingerprint density at radius 3 is 2.50 bits per heavy atom. The van der Waals surface area contributed by atoms with Crippen LogP contribution in [0.2, 0.25) is 0 Å². The molecule has 1 aliphatic heterocycles. The molecule has 0 spiro atoms. The van der Waals surface area contributed by atoms with Crippen molar-refractivity contribution < 1.29 is 14.6 Å². The lowest BCUT2D eigenvalue weighted by molar-refractivity contribution is -0.166. The first-order valence-electron chi connectivity index (χ1n) is 2.32. The molecule has 0 aromatic carbocycles. The Bertz CT molecular complexity index is 114. The SMILES string of the molecule is N[C@@H]1CO[C@H]1C(=O)O. The van der Waals surface area contributed by atoms with Crippen LogP contribution in [0.4, 0.5) is 0 Å². The lowest BCUT2D eigenvalue weighted by Crippen LogP contribution is -2.55. The van der Waals surface area contributed by atoms with Crippen LogP contribution in [-0.2, 0) is 9.53 Å². The van der Waals surface area contributed by atoms with Crippen molar-refractivity contribution in [2.24, 2.45) is 5.73 Å². The molecule has 1 aliphatic rings. The highest BCUT2D eigenvalue weighted by Gasteiger charge is 2.34. The van der Waals surface area contributed by atoms with E-state index in [2.05, 4.69) is 4.74 Å². The third-order valence-electron chi connectivity index (χ3n) is 1.10. The second-order valence-corrected chi connectivity index (χ2v) is 1.76. The molecule has 0 unspecified atom stereocenters. The average Bonchev–Trinajstić information content (AvgIpc) is 1.61. The van der Waals surface area contributed by atoms with Gasteiger partial charge in [0.25, 0.3) is 0 Å². The Morgan fingerprint density at radius 2 is 2.50 bits per heavy atom. The number of carboxylic acid groups (broad SMARTS) is 1. The molecule has 3 N–H and O–H groups in total. The Kier molecular flexibility index (Phi) is 1.19. The molecule has 0 aliphatic carbocycles. The van der Waals surface area contributed by atoms with Crippen molar-refractivity contribution in [2.75, 3.05) is 6.61 Å². The van der Waals surface area contributed by atoms with Gasteiger partial charge in [-0.2, -0.15) is 0 Å². The van der Waals surface area contributed by atoms with Crippen molar-refractivity contribution in [3.63, 3.8) is 0 Å². The van der Waals surface area contributed by atoms with Crippen LogP contribution in [0.5, 0.6) is 0 Å². The van der Waals surface area contributed by atoms with E-state index in [0.29, 0.717) is 6.61 Å². The molecule has 0 radical (unpaired) electrons. The maximum absolute atomic E-state index is 9.99. The number of carboxylic acids is 1. The predicted octanol–water partition coefficient (Wildman–Crippen LogP) is -1.20. The Morgan fingerprint density at radius 1 is 1.88 bits per heavy atom. The van der Waals surface area contributed by atoms with Crippen LogP contribution >= 0.6 is 0 Å². The molecule has 0 aromatic heterocycles. The zero-order valence-electron chi connectivity index (χ0n) is 4.20. The van der Waals surface area contributed by atoms with E-state index in [0.717, 1.165) is 0 Å². The molecule has 4 nitrogen and oxygen atoms in total. The van der Waals surface area contributed by atoms with E-state index in [1.807, 2.05) is 0 Å². The number of hydrogen-bond donors (Lipinski definition) is 2. The van der Waals surface area contributed by atoms with Gasteiger partial charge in [0.15, 0.2) is 6.10 Å². The zero-order chi connectivity index (χ0) is 6.15. The largest absolute Gasteiger partial charge is 0.479 e. The van der Waals surface area contributed by atoms with Crippen molar-refractivity contribution in [3.8, 4) is 0 Å². The quantitative estimate of drug-likeness (QED) is 0.452. The Balaban J connectivity index is 2.37. The molecular formula is C4H7NO3. The van der Waals surface area contributed by atoms with E-state index < -0.39 is 12.1 Å². The summed E-state index contributed by atoms with van der Waals surface area (Å²) in [7, 11) is 0. The summed E-state index contributed by atoms with van der Waals surface area (Å²) in [5.74, 6) is -0.969. The van der Waals surface area contributed by atoms with Gasteiger partial charge >= 0.3 is 5.97 Å². The third-order valence-corrected chi connectivity index (χ3v) is 1.10. The van der Waals surface area contributed by atoms with E-state index in [1.165, 1.54) is 0 Å². The predicted molar refractivity (Wildman–Crippen MR) is 25.4 cm³/mol. The summed E-state index contributed by atoms with van der Waals surface area (Å²) >= 11 is 0. The first kappa shape index (κ1) is 5.53. The fraction of sp³-hybridized carbons (Fsp3) is 0.750. The molecular weight excluding hydrogens is 110 g/mol. The van der Waals surface area contributed by atoms with Crippen LogP contribution in [-0.4, -0.2) is 29.8 Å². The number of rotatable bonds is 1. The molecule has 1 rings (SSSR count). The van der Waals surface area contributed by atoms with Crippen LogP contribution in [0.15, 0.2) is 0 Å². The monoisotopic (exact) mass is 117 g/mol. The van der Waals surface area contributed by atoms with Crippen molar-refractivity contribution in [3.05, 3.63) is 0 Å². The van der Waals surface area contributed by atoms with Crippen LogP contribution < -0.4 is 5.73 Å². The van der Waals surface area contributed by atoms with Gasteiger partial charge < -0.3 is 15.6 Å². The summed E-state index contributed by atoms with van der Waals surface area (Å²) in [6, 6.07) is -0.299. The highest BCUT2D eigenvalue weighted by atomic mass is 16.5. The summed E-state index contributed by atoms with van der Waals surface area (Å²) < 4.78 is 4.58. The number of aliphatic carboxylic acids is 1. The summed E-state index contributed by atoms with van der Waals surface area (Å²) in [6.07, 6.45) is -0.755. The summed E-state index contributed by atoms with van der Waals surface area (Å²) in [4.78, 5) is 9.99. The van der Waals surface area contributed by atoms with Crippen LogP contribution in [0.3, 0.4) is 0 Å². The molecule has 0 saturated carbocycles. The fourth-order valence-corrected chi connectivity index (χ4v) is 0.558. The molecule has 1 fully saturated rings. The molecule has 1 saturated heterocycles. The average molecular weight is 117 g/mol. The van der Waals surface area contributed by atoms with E-state index in [9.17, 15) is 4.79 Å². The van der Waals surface area contributed by atoms with Gasteiger partial charge in [0, 0.05) is 0 Å². The molecule has 0 aromatic rings. The maximum Gasteiger partial charge on any atom is 0.334 e. The van der Waals surface area contributed by atoms with Crippen LogP contribution in [0.25, 0.3) is 0 Å². The van der Waals surface area contributed by atoms with E-state index in [-0.39, 0.29) is 6.04 Å². The van der Waals surface area contributed by atoms with Gasteiger partial charge in [0.2, 0.25) is 0 Å². The molecule has 8 heavy (non-hydrogen) atoms. The Labute approximate surface area is 46.2 Å². The molecule has 4 heteroatoms. The van der Waals surface area contributed by atoms with Gasteiger partial charge in [-0.1, -0.05) is 0 Å². The topological polar surface area (TPSA) is 72.5 Å². The number of hydrogen-bond acceptors (Lipinski definition) is 3. The Hall–Kier alpha value is -0.610. The van der Waals surface area contributed by atoms with E-state index in [4.69, 9.17) is 10.8 Å². The fourth-order valence-electron chi connectivity index (χ4n) is 0.558. The first-order valence-corrected chi connectivity index (χ1v) is 2.32. The minimum atomic E-state index is -0.969. The van der Waals surface area contributed by atoms with Crippen molar-refractivity contribution in [1.82, 2.24) is 0 Å². The summed E-state index contributed by atoms with van der Waals surface area (Å²) in [6.45, 7) is 0.372. The van der Waals surface area contributed by atoms with E-state index >= 15 is 0 Å². The third kappa shape index (κ3) is 0.677. The molecule has 0 bridgehead atoms. The van der Waals surface area contributed by atoms with Gasteiger partial charge in [-0.15, -0.1) is 0 Å². The van der Waals surface area contributed by atoms with Gasteiger partial charge in [-0.25, -0.2) is 4.79 Å². The number of carbonyl (C=O) groups is 1. The second kappa shape index (κ2) is 1.72. The minimum absolute atomic E-state index is 0.299. The molecule has 2 atom stereocenters. The second-order valence-electron chi connectivity index (χ2n) is 1.76. The van der Waals surface area contributed by atoms with Crippen molar-refractivity contribution >= 4 is 5.97 Å². The van der Waals surface area contributed by atoms with Crippen molar-refractivity contribution in [2.45, 2.75) is 12.1 Å². The van der Waals surface area contributed by atoms with Gasteiger partial charge in [-0.05, 0) is 0 Å². The molecule has 46 valence electrons. The smallest absolute Gasteiger partial charge is 0.334 e. The first-order chi connectivity index (χ1) is 3.72. The van der Waals surface area contributed by atoms with Gasteiger partial charge in [0.05, 0.1) is 12.6 Å². The van der Waals surface area contributed by atoms with Gasteiger partial charge in [0.1, 0.15) is 0 Å². The zero-order valence-corrected chi connectivity index (χ0v) is 4.20. The normalized spacial score (nSPS) is 36.1. The summed E-state index contributed by atoms with van der Waals surface area (Å²) in [5.41, 5.74) is 5.22. The lowest BCUT2D eigenvalue weighted by Gasteiger charge is -2.29.